The molecule has 6 aliphatic heterocycles. The second-order valence-electron chi connectivity index (χ2n) is 26.4. The summed E-state index contributed by atoms with van der Waals surface area (Å²) < 4.78 is 72.7. The zero-order chi connectivity index (χ0) is 61.4. The predicted molar refractivity (Wildman–Crippen MR) is 283 cm³/mol. The third kappa shape index (κ3) is 12.2. The summed E-state index contributed by atoms with van der Waals surface area (Å²) in [5.41, 5.74) is 1.10. The second kappa shape index (κ2) is 26.7. The van der Waals surface area contributed by atoms with Crippen LogP contribution in [-0.2, 0) is 56.8 Å². The molecule has 16 N–H and O–H groups in total. The summed E-state index contributed by atoms with van der Waals surface area (Å²) in [6.07, 6.45) is -31.5. The summed E-state index contributed by atoms with van der Waals surface area (Å²) in [5, 5.41) is 170. The van der Waals surface area contributed by atoms with Crippen LogP contribution in [0.25, 0.3) is 0 Å². The number of aliphatic hydroxyl groups excluding tert-OH is 16. The Labute approximate surface area is 492 Å². The molecule has 85 heavy (non-hydrogen) atoms. The largest absolute Gasteiger partial charge is 0.394 e. The van der Waals surface area contributed by atoms with Gasteiger partial charge < -0.3 is 139 Å². The highest BCUT2D eigenvalue weighted by molar-refractivity contribution is 5.26. The van der Waals surface area contributed by atoms with Gasteiger partial charge in [-0.1, -0.05) is 39.3 Å². The van der Waals surface area contributed by atoms with Crippen molar-refractivity contribution in [1.29, 1.82) is 0 Å². The van der Waals surface area contributed by atoms with Crippen molar-refractivity contribution in [3.63, 3.8) is 0 Å². The Morgan fingerprint density at radius 1 is 0.588 bits per heavy atom. The van der Waals surface area contributed by atoms with Crippen LogP contribution < -0.4 is 0 Å². The molecule has 6 saturated heterocycles. The highest BCUT2D eigenvalue weighted by atomic mass is 16.8. The van der Waals surface area contributed by atoms with Crippen molar-refractivity contribution in [3.05, 3.63) is 11.6 Å². The number of hydrogen-bond acceptors (Lipinski definition) is 28. The number of allylic oxidation sites excluding steroid dienone is 1. The normalized spacial score (nSPS) is 53.9. The highest BCUT2D eigenvalue weighted by Crippen LogP contribution is 2.70. The topological polar surface area (TPSA) is 434 Å². The SMILES string of the molecule is COC1(CC[C@@H](C)CO[C@@H]2O[C@H](CO)[C@@H](O)[C@H](O)[C@H]2O)O[C@H]2C[C@H]3[C@@H]4CC=C5C[C@@H](O[C@@H]6O[C@H](CO)[C@H](O[C@@H]7O[C@H](CO)[C@@H](O)[C@H](O[C@@H]8OC[C@@H](O)[C@H](O)[C@H]8O)[C@H]7O[C@@H]7O[C@H](CO)[C@@H](O)[C@H](O)[C@H]7O)[C@H](O)[C@H]6O)CC[C@]5(C)[C@H]4CC[C@]3(C)[C@H]2[C@@H]1C. The van der Waals surface area contributed by atoms with Crippen molar-refractivity contribution >= 4 is 0 Å². The Balaban J connectivity index is 0.777. The molecule has 0 bridgehead atoms. The number of hydrogen-bond donors (Lipinski definition) is 16. The molecular formula is C57H94O28. The highest BCUT2D eigenvalue weighted by Gasteiger charge is 2.69. The van der Waals surface area contributed by atoms with Gasteiger partial charge in [0.1, 0.15) is 116 Å². The number of ether oxygens (including phenoxy) is 12. The van der Waals surface area contributed by atoms with Gasteiger partial charge in [0.15, 0.2) is 37.2 Å². The van der Waals surface area contributed by atoms with Crippen LogP contribution in [-0.4, -0.2) is 294 Å². The van der Waals surface area contributed by atoms with Crippen molar-refractivity contribution in [2.75, 3.05) is 46.8 Å². The summed E-state index contributed by atoms with van der Waals surface area (Å²) >= 11 is 0. The van der Waals surface area contributed by atoms with Gasteiger partial charge in [0.05, 0.1) is 51.8 Å². The van der Waals surface area contributed by atoms with Crippen molar-refractivity contribution in [3.8, 4) is 0 Å². The zero-order valence-electron chi connectivity index (χ0n) is 48.7. The van der Waals surface area contributed by atoms with Gasteiger partial charge in [-0.05, 0) is 91.8 Å². The predicted octanol–water partition coefficient (Wildman–Crippen LogP) is -4.92. The monoisotopic (exact) mass is 1230 g/mol. The zero-order valence-corrected chi connectivity index (χ0v) is 48.7. The molecule has 35 atom stereocenters. The van der Waals surface area contributed by atoms with E-state index >= 15 is 0 Å². The standard InChI is InChI=1S/C57H94O28/c1-22(20-75-50-44(71)40(67)37(64)31(16-58)78-50)8-13-57(74-5)23(2)35-30(85-57)15-28-26-7-6-24-14-25(9-11-55(24,3)27(26)10-12-56(28,35)4)77-52-46(73)42(69)47(34(19-61)81-52)82-54-49(84-53-45(72)41(68)38(65)32(17-59)79-53)48(39(66)33(18-60)80-54)83-51-43(70)36(63)29(62)21-76-51/h6,22-23,25-54,58-73H,7-21H2,1-5H3/t22-,23+,25+,26-,27+,28+,29-,30+,31-,32-,33-,34-,35+,36+,37-,38-,39-,40+,41+,42-,43-,44-,45-,46-,47+,48+,49-,50-,51+,52-,53+,54+,55+,56+,57?/m1/s1. The third-order valence-electron chi connectivity index (χ3n) is 21.6. The molecular weight excluding hydrogens is 1130 g/mol. The van der Waals surface area contributed by atoms with Crippen LogP contribution in [0.4, 0.5) is 0 Å². The number of aliphatic hydroxyl groups is 16. The van der Waals surface area contributed by atoms with Crippen LogP contribution in [0.1, 0.15) is 85.5 Å². The lowest BCUT2D eigenvalue weighted by atomic mass is 9.47. The molecule has 0 spiro atoms. The maximum Gasteiger partial charge on any atom is 0.187 e. The summed E-state index contributed by atoms with van der Waals surface area (Å²) in [4.78, 5) is 0. The van der Waals surface area contributed by atoms with E-state index in [4.69, 9.17) is 56.8 Å². The average Bonchev–Trinajstić information content (AvgIpc) is 1.60. The number of fused-ring (bicyclic) bond motifs is 7. The molecule has 4 aliphatic carbocycles. The van der Waals surface area contributed by atoms with E-state index in [1.807, 2.05) is 6.92 Å². The lowest BCUT2D eigenvalue weighted by Gasteiger charge is -2.58. The van der Waals surface area contributed by atoms with Gasteiger partial charge in [0.2, 0.25) is 0 Å². The fourth-order valence-electron chi connectivity index (χ4n) is 16.6. The molecule has 10 aliphatic rings. The van der Waals surface area contributed by atoms with Crippen LogP contribution in [0.15, 0.2) is 11.6 Å². The maximum atomic E-state index is 11.9. The van der Waals surface area contributed by atoms with Gasteiger partial charge in [0.25, 0.3) is 0 Å². The fraction of sp³-hybridized carbons (Fsp3) is 0.965. The molecule has 6 heterocycles. The molecule has 0 amide bonds. The second-order valence-corrected chi connectivity index (χ2v) is 26.4. The lowest BCUT2D eigenvalue weighted by Crippen LogP contribution is -2.68. The molecule has 1 unspecified atom stereocenters. The first-order valence-electron chi connectivity index (χ1n) is 30.4. The molecule has 28 nitrogen and oxygen atoms in total. The molecule has 9 fully saturated rings. The smallest absolute Gasteiger partial charge is 0.187 e. The Hall–Kier alpha value is -1.38. The Kier molecular flexibility index (Phi) is 20.9. The molecule has 0 aromatic heterocycles. The first-order valence-corrected chi connectivity index (χ1v) is 30.4. The van der Waals surface area contributed by atoms with E-state index in [1.165, 1.54) is 5.57 Å². The van der Waals surface area contributed by atoms with E-state index in [2.05, 4.69) is 26.8 Å². The summed E-state index contributed by atoms with van der Waals surface area (Å²) in [7, 11) is 1.70. The van der Waals surface area contributed by atoms with Gasteiger partial charge in [-0.15, -0.1) is 0 Å². The van der Waals surface area contributed by atoms with E-state index in [0.29, 0.717) is 43.4 Å². The Bertz CT molecular complexity index is 2220. The van der Waals surface area contributed by atoms with Gasteiger partial charge in [-0.3, -0.25) is 0 Å². The van der Waals surface area contributed by atoms with Crippen molar-refractivity contribution in [1.82, 2.24) is 0 Å². The summed E-state index contributed by atoms with van der Waals surface area (Å²) in [6, 6.07) is 0. The molecule has 490 valence electrons. The minimum atomic E-state index is -2.03. The lowest BCUT2D eigenvalue weighted by molar-refractivity contribution is -0.403. The summed E-state index contributed by atoms with van der Waals surface area (Å²) in [6.45, 7) is 5.58. The number of rotatable bonds is 19. The minimum Gasteiger partial charge on any atom is -0.394 e. The van der Waals surface area contributed by atoms with Crippen LogP contribution in [0.2, 0.25) is 0 Å². The molecule has 0 aromatic rings. The molecule has 28 heteroatoms. The van der Waals surface area contributed by atoms with E-state index < -0.39 is 192 Å². The molecule has 0 aromatic carbocycles. The Morgan fingerprint density at radius 2 is 1.15 bits per heavy atom. The van der Waals surface area contributed by atoms with E-state index in [0.717, 1.165) is 32.1 Å². The van der Waals surface area contributed by atoms with Gasteiger partial charge in [-0.25, -0.2) is 0 Å². The van der Waals surface area contributed by atoms with E-state index in [1.54, 1.807) is 7.11 Å². The fourth-order valence-corrected chi connectivity index (χ4v) is 16.6. The van der Waals surface area contributed by atoms with Crippen LogP contribution in [0.5, 0.6) is 0 Å². The average molecular weight is 1230 g/mol. The van der Waals surface area contributed by atoms with Crippen molar-refractivity contribution in [2.45, 2.75) is 251 Å². The summed E-state index contributed by atoms with van der Waals surface area (Å²) in [5.74, 6) is 0.706. The molecule has 3 saturated carbocycles. The van der Waals surface area contributed by atoms with Crippen molar-refractivity contribution in [2.24, 2.45) is 46.3 Å². The first kappa shape index (κ1) is 66.5. The van der Waals surface area contributed by atoms with Crippen molar-refractivity contribution < 1.29 is 139 Å². The van der Waals surface area contributed by atoms with Gasteiger partial charge in [-0.2, -0.15) is 0 Å². The van der Waals surface area contributed by atoms with E-state index in [9.17, 15) is 81.7 Å². The van der Waals surface area contributed by atoms with Crippen LogP contribution >= 0.6 is 0 Å². The van der Waals surface area contributed by atoms with Gasteiger partial charge >= 0.3 is 0 Å². The number of methoxy groups -OCH3 is 1. The molecule has 0 radical (unpaired) electrons. The maximum absolute atomic E-state index is 11.9. The first-order chi connectivity index (χ1) is 40.4. The molecule has 10 rings (SSSR count). The Morgan fingerprint density at radius 3 is 1.81 bits per heavy atom. The third-order valence-corrected chi connectivity index (χ3v) is 21.6. The van der Waals surface area contributed by atoms with E-state index in [-0.39, 0.29) is 41.3 Å². The van der Waals surface area contributed by atoms with Gasteiger partial charge in [0, 0.05) is 19.4 Å². The van der Waals surface area contributed by atoms with Crippen LogP contribution in [0.3, 0.4) is 0 Å². The van der Waals surface area contributed by atoms with Crippen LogP contribution in [0, 0.1) is 46.3 Å². The quantitative estimate of drug-likeness (QED) is 0.0539. The minimum absolute atomic E-state index is 0.00163.